The van der Waals surface area contributed by atoms with Gasteiger partial charge in [0.15, 0.2) is 0 Å². The molecule has 1 atom stereocenters. The Morgan fingerprint density at radius 1 is 1.53 bits per heavy atom. The maximum atomic E-state index is 12.0. The van der Waals surface area contributed by atoms with Gasteiger partial charge in [-0.2, -0.15) is 0 Å². The van der Waals surface area contributed by atoms with Gasteiger partial charge >= 0.3 is 0 Å². The lowest BCUT2D eigenvalue weighted by Gasteiger charge is -2.22. The van der Waals surface area contributed by atoms with Crippen molar-refractivity contribution in [3.05, 3.63) is 29.3 Å². The molecule has 2 rings (SSSR count). The van der Waals surface area contributed by atoms with Crippen LogP contribution in [0.25, 0.3) is 0 Å². The van der Waals surface area contributed by atoms with Crippen molar-refractivity contribution < 1.29 is 9.53 Å². The number of hydrazine groups is 1. The molecule has 1 aromatic rings. The first kappa shape index (κ1) is 13.8. The Bertz CT molecular complexity index is 442. The number of aryl methyl sites for hydroxylation is 1. The number of anilines is 1. The molecule has 0 aliphatic carbocycles. The second kappa shape index (κ2) is 6.54. The predicted molar refractivity (Wildman–Crippen MR) is 74.9 cm³/mol. The van der Waals surface area contributed by atoms with Crippen LogP contribution in [0, 0.1) is 12.8 Å². The summed E-state index contributed by atoms with van der Waals surface area (Å²) in [4.78, 5) is 12.0. The Morgan fingerprint density at radius 3 is 3.00 bits per heavy atom. The van der Waals surface area contributed by atoms with E-state index in [0.717, 1.165) is 37.3 Å². The van der Waals surface area contributed by atoms with Gasteiger partial charge in [0.05, 0.1) is 12.3 Å². The molecular weight excluding hydrogens is 242 g/mol. The minimum atomic E-state index is -0.0442. The van der Waals surface area contributed by atoms with Gasteiger partial charge in [-0.3, -0.25) is 10.6 Å². The lowest BCUT2D eigenvalue weighted by Crippen LogP contribution is -2.33. The van der Waals surface area contributed by atoms with E-state index in [0.29, 0.717) is 18.0 Å². The highest BCUT2D eigenvalue weighted by Gasteiger charge is 2.15. The van der Waals surface area contributed by atoms with Crippen LogP contribution in [0.5, 0.6) is 0 Å². The fourth-order valence-electron chi connectivity index (χ4n) is 2.27. The van der Waals surface area contributed by atoms with Crippen LogP contribution < -0.4 is 16.6 Å². The highest BCUT2D eigenvalue weighted by Crippen LogP contribution is 2.16. The predicted octanol–water partition coefficient (Wildman–Crippen LogP) is 1.44. The van der Waals surface area contributed by atoms with Gasteiger partial charge in [0.1, 0.15) is 0 Å². The third-order valence-electron chi connectivity index (χ3n) is 3.45. The van der Waals surface area contributed by atoms with Crippen LogP contribution in [0.1, 0.15) is 28.8 Å². The first-order valence-electron chi connectivity index (χ1n) is 6.64. The number of carbonyl (C=O) groups is 1. The molecule has 1 saturated heterocycles. The van der Waals surface area contributed by atoms with Crippen LogP contribution in [0.15, 0.2) is 18.2 Å². The number of amides is 1. The topological polar surface area (TPSA) is 76.4 Å². The fraction of sp³-hybridized carbons (Fsp3) is 0.500. The number of hydrogen-bond donors (Lipinski definition) is 3. The largest absolute Gasteiger partial charge is 0.381 e. The molecule has 1 heterocycles. The molecule has 1 aliphatic heterocycles. The minimum absolute atomic E-state index is 0.0442. The highest BCUT2D eigenvalue weighted by molar-refractivity contribution is 5.94. The molecule has 19 heavy (non-hydrogen) atoms. The van der Waals surface area contributed by atoms with Crippen molar-refractivity contribution in [2.24, 2.45) is 11.8 Å². The van der Waals surface area contributed by atoms with Gasteiger partial charge in [-0.25, -0.2) is 0 Å². The van der Waals surface area contributed by atoms with Crippen molar-refractivity contribution in [1.29, 1.82) is 0 Å². The Kier molecular flexibility index (Phi) is 4.76. The van der Waals surface area contributed by atoms with E-state index in [-0.39, 0.29) is 5.91 Å². The zero-order valence-electron chi connectivity index (χ0n) is 11.2. The van der Waals surface area contributed by atoms with Gasteiger partial charge in [0.2, 0.25) is 0 Å². The van der Waals surface area contributed by atoms with Crippen LogP contribution in [0.2, 0.25) is 0 Å². The highest BCUT2D eigenvalue weighted by atomic mass is 16.5. The zero-order chi connectivity index (χ0) is 13.7. The third kappa shape index (κ3) is 3.68. The Hall–Kier alpha value is -1.59. The van der Waals surface area contributed by atoms with Crippen molar-refractivity contribution >= 4 is 11.6 Å². The van der Waals surface area contributed by atoms with E-state index in [1.54, 1.807) is 6.07 Å². The third-order valence-corrected chi connectivity index (χ3v) is 3.45. The molecule has 0 saturated carbocycles. The molecule has 0 aromatic heterocycles. The number of ether oxygens (including phenoxy) is 1. The molecule has 5 heteroatoms. The maximum Gasteiger partial charge on any atom is 0.251 e. The summed E-state index contributed by atoms with van der Waals surface area (Å²) in [6.07, 6.45) is 2.20. The standard InChI is InChI=1S/C14H21N3O2/c1-10-7-12(4-5-13(10)17-15)14(18)16-8-11-3-2-6-19-9-11/h4-5,7,11,17H,2-3,6,8-9,15H2,1H3,(H,16,18). The average Bonchev–Trinajstić information content (AvgIpc) is 2.45. The SMILES string of the molecule is Cc1cc(C(=O)NCC2CCCOC2)ccc1NN. The second-order valence-corrected chi connectivity index (χ2v) is 4.97. The van der Waals surface area contributed by atoms with E-state index in [9.17, 15) is 4.79 Å². The number of nitrogen functional groups attached to an aromatic ring is 1. The molecule has 1 fully saturated rings. The van der Waals surface area contributed by atoms with Crippen LogP contribution in [-0.4, -0.2) is 25.7 Å². The summed E-state index contributed by atoms with van der Waals surface area (Å²) in [6.45, 7) is 4.18. The summed E-state index contributed by atoms with van der Waals surface area (Å²) in [5.41, 5.74) is 5.04. The molecule has 1 aliphatic rings. The number of rotatable bonds is 4. The van der Waals surface area contributed by atoms with Crippen LogP contribution in [-0.2, 0) is 4.74 Å². The summed E-state index contributed by atoms with van der Waals surface area (Å²) >= 11 is 0. The number of carbonyl (C=O) groups excluding carboxylic acids is 1. The van der Waals surface area contributed by atoms with Gasteiger partial charge in [-0.05, 0) is 49.4 Å². The minimum Gasteiger partial charge on any atom is -0.381 e. The number of hydrogen-bond acceptors (Lipinski definition) is 4. The molecule has 1 aromatic carbocycles. The van der Waals surface area contributed by atoms with Crippen molar-refractivity contribution in [3.63, 3.8) is 0 Å². The lowest BCUT2D eigenvalue weighted by atomic mass is 10.0. The lowest BCUT2D eigenvalue weighted by molar-refractivity contribution is 0.0536. The monoisotopic (exact) mass is 263 g/mol. The van der Waals surface area contributed by atoms with E-state index >= 15 is 0 Å². The molecule has 4 N–H and O–H groups in total. The van der Waals surface area contributed by atoms with Crippen molar-refractivity contribution in [2.75, 3.05) is 25.2 Å². The molecule has 1 amide bonds. The number of nitrogens with two attached hydrogens (primary N) is 1. The van der Waals surface area contributed by atoms with E-state index in [2.05, 4.69) is 10.7 Å². The van der Waals surface area contributed by atoms with Crippen LogP contribution >= 0.6 is 0 Å². The Labute approximate surface area is 113 Å². The first-order chi connectivity index (χ1) is 9.20. The Morgan fingerprint density at radius 2 is 2.37 bits per heavy atom. The molecule has 1 unspecified atom stereocenters. The average molecular weight is 263 g/mol. The number of nitrogens with one attached hydrogen (secondary N) is 2. The summed E-state index contributed by atoms with van der Waals surface area (Å²) < 4.78 is 5.40. The summed E-state index contributed by atoms with van der Waals surface area (Å²) in [6, 6.07) is 5.42. The Balaban J connectivity index is 1.90. The van der Waals surface area contributed by atoms with E-state index < -0.39 is 0 Å². The smallest absolute Gasteiger partial charge is 0.251 e. The van der Waals surface area contributed by atoms with Gasteiger partial charge in [-0.15, -0.1) is 0 Å². The molecule has 104 valence electrons. The maximum absolute atomic E-state index is 12.0. The second-order valence-electron chi connectivity index (χ2n) is 4.97. The summed E-state index contributed by atoms with van der Waals surface area (Å²) in [7, 11) is 0. The van der Waals surface area contributed by atoms with Crippen LogP contribution in [0.3, 0.4) is 0 Å². The first-order valence-corrected chi connectivity index (χ1v) is 6.64. The molecular formula is C14H21N3O2. The van der Waals surface area contributed by atoms with Crippen molar-refractivity contribution in [2.45, 2.75) is 19.8 Å². The van der Waals surface area contributed by atoms with E-state index in [1.807, 2.05) is 19.1 Å². The molecule has 0 radical (unpaired) electrons. The molecule has 0 spiro atoms. The zero-order valence-corrected chi connectivity index (χ0v) is 11.2. The van der Waals surface area contributed by atoms with Crippen molar-refractivity contribution in [1.82, 2.24) is 5.32 Å². The van der Waals surface area contributed by atoms with E-state index in [4.69, 9.17) is 10.6 Å². The van der Waals surface area contributed by atoms with E-state index in [1.165, 1.54) is 0 Å². The number of benzene rings is 1. The van der Waals surface area contributed by atoms with Gasteiger partial charge in [0.25, 0.3) is 5.91 Å². The van der Waals surface area contributed by atoms with Gasteiger partial charge < -0.3 is 15.5 Å². The molecule has 5 nitrogen and oxygen atoms in total. The van der Waals surface area contributed by atoms with Crippen molar-refractivity contribution in [3.8, 4) is 0 Å². The normalized spacial score (nSPS) is 18.9. The summed E-state index contributed by atoms with van der Waals surface area (Å²) in [5.74, 6) is 5.76. The van der Waals surface area contributed by atoms with Gasteiger partial charge in [0, 0.05) is 18.7 Å². The quantitative estimate of drug-likeness (QED) is 0.567. The van der Waals surface area contributed by atoms with Gasteiger partial charge in [-0.1, -0.05) is 0 Å². The summed E-state index contributed by atoms with van der Waals surface area (Å²) in [5, 5.41) is 2.96. The molecule has 0 bridgehead atoms. The van der Waals surface area contributed by atoms with Crippen LogP contribution in [0.4, 0.5) is 5.69 Å². The fourth-order valence-corrected chi connectivity index (χ4v) is 2.27.